The van der Waals surface area contributed by atoms with Crippen LogP contribution in [0.5, 0.6) is 0 Å². The fourth-order valence-electron chi connectivity index (χ4n) is 5.47. The summed E-state index contributed by atoms with van der Waals surface area (Å²) >= 11 is 0. The molecule has 1 fully saturated rings. The highest BCUT2D eigenvalue weighted by Gasteiger charge is 2.17. The Labute approximate surface area is 243 Å². The predicted molar refractivity (Wildman–Crippen MR) is 165 cm³/mol. The average Bonchev–Trinajstić information content (AvgIpc) is 3.44. The normalized spacial score (nSPS) is 15.2. The first-order chi connectivity index (χ1) is 20.1. The van der Waals surface area contributed by atoms with E-state index in [4.69, 9.17) is 4.74 Å². The summed E-state index contributed by atoms with van der Waals surface area (Å²) in [6.45, 7) is 10.9. The molecule has 3 heterocycles. The second kappa shape index (κ2) is 14.2. The molecule has 1 aliphatic rings. The van der Waals surface area contributed by atoms with Crippen LogP contribution in [0.15, 0.2) is 67.0 Å². The number of hydrogen-bond donors (Lipinski definition) is 2. The second-order valence-electron chi connectivity index (χ2n) is 10.9. The van der Waals surface area contributed by atoms with Crippen LogP contribution in [0.1, 0.15) is 56.7 Å². The molecule has 0 amide bonds. The summed E-state index contributed by atoms with van der Waals surface area (Å²) in [6.07, 6.45) is 5.30. The lowest BCUT2D eigenvalue weighted by atomic mass is 10.1. The molecular weight excluding hydrogens is 512 g/mol. The first-order valence-electron chi connectivity index (χ1n) is 14.9. The third kappa shape index (κ3) is 7.93. The van der Waals surface area contributed by atoms with Gasteiger partial charge >= 0.3 is 5.97 Å². The van der Waals surface area contributed by atoms with Gasteiger partial charge in [0, 0.05) is 50.9 Å². The number of anilines is 1. The van der Waals surface area contributed by atoms with Crippen LogP contribution in [0.2, 0.25) is 0 Å². The van der Waals surface area contributed by atoms with Crippen molar-refractivity contribution in [1.29, 1.82) is 0 Å². The molecule has 1 aliphatic heterocycles. The van der Waals surface area contributed by atoms with Crippen LogP contribution in [-0.4, -0.2) is 70.1 Å². The van der Waals surface area contributed by atoms with Gasteiger partial charge in [-0.15, -0.1) is 0 Å². The van der Waals surface area contributed by atoms with E-state index in [1.54, 1.807) is 6.33 Å². The lowest BCUT2D eigenvalue weighted by molar-refractivity contribution is -0.143. The molecule has 8 nitrogen and oxygen atoms in total. The molecule has 216 valence electrons. The van der Waals surface area contributed by atoms with Crippen molar-refractivity contribution in [2.45, 2.75) is 52.1 Å². The van der Waals surface area contributed by atoms with E-state index in [2.05, 4.69) is 91.6 Å². The number of esters is 1. The number of aromatic nitrogens is 3. The molecule has 0 aliphatic carbocycles. The Bertz CT molecular complexity index is 1380. The minimum atomic E-state index is -0.0691. The Morgan fingerprint density at radius 2 is 1.73 bits per heavy atom. The number of H-pyrrole nitrogens is 1. The number of carbonyl (C=O) groups is 1. The number of hydrogen-bond acceptors (Lipinski definition) is 7. The lowest BCUT2D eigenvalue weighted by Gasteiger charge is -2.34. The number of nitrogens with one attached hydrogen (secondary N) is 2. The van der Waals surface area contributed by atoms with E-state index in [0.717, 1.165) is 86.6 Å². The van der Waals surface area contributed by atoms with Gasteiger partial charge in [-0.1, -0.05) is 61.0 Å². The highest BCUT2D eigenvalue weighted by molar-refractivity contribution is 5.91. The minimum absolute atomic E-state index is 0.0691. The van der Waals surface area contributed by atoms with Gasteiger partial charge in [0.15, 0.2) is 0 Å². The maximum absolute atomic E-state index is 11.5. The minimum Gasteiger partial charge on any atom is -0.466 e. The number of carbonyl (C=O) groups excluding carboxylic acids is 1. The van der Waals surface area contributed by atoms with E-state index in [1.165, 1.54) is 11.1 Å². The molecule has 0 radical (unpaired) electrons. The molecule has 1 atom stereocenters. The number of unbranched alkanes of at least 4 members (excludes halogenated alkanes) is 2. The molecule has 4 aromatic rings. The fraction of sp³-hybridized carbons (Fsp3) is 0.424. The van der Waals surface area contributed by atoms with Crippen LogP contribution in [0.4, 0.5) is 5.82 Å². The van der Waals surface area contributed by atoms with Crippen LogP contribution < -0.4 is 5.32 Å². The zero-order valence-electron chi connectivity index (χ0n) is 24.3. The van der Waals surface area contributed by atoms with E-state index in [9.17, 15) is 4.79 Å². The number of nitrogens with zero attached hydrogens (tertiary/aromatic N) is 4. The van der Waals surface area contributed by atoms with E-state index < -0.39 is 0 Å². The van der Waals surface area contributed by atoms with E-state index in [1.807, 2.05) is 13.0 Å². The molecule has 0 unspecified atom stereocenters. The molecule has 2 N–H and O–H groups in total. The van der Waals surface area contributed by atoms with Gasteiger partial charge in [-0.2, -0.15) is 0 Å². The first kappa shape index (κ1) is 28.8. The number of piperazine rings is 1. The number of fused-ring (bicyclic) bond motifs is 1. The van der Waals surface area contributed by atoms with Crippen molar-refractivity contribution >= 4 is 22.8 Å². The number of aromatic amines is 1. The highest BCUT2D eigenvalue weighted by atomic mass is 16.5. The third-order valence-electron chi connectivity index (χ3n) is 7.88. The monoisotopic (exact) mass is 554 g/mol. The van der Waals surface area contributed by atoms with E-state index >= 15 is 0 Å². The van der Waals surface area contributed by atoms with Gasteiger partial charge in [0.25, 0.3) is 0 Å². The predicted octanol–water partition coefficient (Wildman–Crippen LogP) is 6.04. The Morgan fingerprint density at radius 3 is 2.49 bits per heavy atom. The van der Waals surface area contributed by atoms with E-state index in [0.29, 0.717) is 13.0 Å². The number of ether oxygens (including phenoxy) is 1. The number of rotatable bonds is 13. The molecule has 8 heteroatoms. The fourth-order valence-corrected chi connectivity index (χ4v) is 5.47. The van der Waals surface area contributed by atoms with Crippen molar-refractivity contribution in [2.75, 3.05) is 44.6 Å². The molecule has 41 heavy (non-hydrogen) atoms. The summed E-state index contributed by atoms with van der Waals surface area (Å²) in [7, 11) is 0. The van der Waals surface area contributed by atoms with Gasteiger partial charge in [-0.05, 0) is 56.0 Å². The quantitative estimate of drug-likeness (QED) is 0.154. The van der Waals surface area contributed by atoms with Crippen LogP contribution in [-0.2, 0) is 16.1 Å². The molecule has 2 aromatic heterocycles. The largest absolute Gasteiger partial charge is 0.466 e. The topological polar surface area (TPSA) is 86.4 Å². The van der Waals surface area contributed by atoms with Crippen molar-refractivity contribution in [2.24, 2.45) is 0 Å². The average molecular weight is 555 g/mol. The van der Waals surface area contributed by atoms with Crippen LogP contribution in [0, 0.1) is 0 Å². The van der Waals surface area contributed by atoms with Crippen LogP contribution in [0.3, 0.4) is 0 Å². The Kier molecular flexibility index (Phi) is 9.99. The summed E-state index contributed by atoms with van der Waals surface area (Å²) < 4.78 is 5.01. The summed E-state index contributed by atoms with van der Waals surface area (Å²) in [6, 6.07) is 21.5. The molecule has 1 saturated heterocycles. The molecular formula is C33H42N6O2. The molecule has 0 spiro atoms. The smallest absolute Gasteiger partial charge is 0.305 e. The SMILES string of the molecule is CCOC(=O)CCCCCN1CCN(Cc2ccc(-c3cc4c(N[C@H](C)c5ccccc5)ncnc4[nH]3)cc2)CC1. The van der Waals surface area contributed by atoms with Crippen molar-refractivity contribution in [3.63, 3.8) is 0 Å². The van der Waals surface area contributed by atoms with E-state index in [-0.39, 0.29) is 12.0 Å². The summed E-state index contributed by atoms with van der Waals surface area (Å²) in [4.78, 5) is 29.0. The summed E-state index contributed by atoms with van der Waals surface area (Å²) in [5.41, 5.74) is 5.56. The summed E-state index contributed by atoms with van der Waals surface area (Å²) in [5.74, 6) is 0.765. The Balaban J connectivity index is 1.10. The molecule has 0 bridgehead atoms. The molecule has 2 aromatic carbocycles. The zero-order valence-corrected chi connectivity index (χ0v) is 24.3. The standard InChI is InChI=1S/C33H42N6O2/c1-3-41-31(40)12-8-5-9-17-38-18-20-39(21-19-38)23-26-13-15-28(16-14-26)30-22-29-32(34-24-35-33(29)37-30)36-25(2)27-10-6-4-7-11-27/h4,6-7,10-11,13-16,22,24-25H,3,5,8-9,12,17-21,23H2,1-2H3,(H2,34,35,36,37)/t25-/m1/s1. The Morgan fingerprint density at radius 1 is 0.976 bits per heavy atom. The van der Waals surface area contributed by atoms with Crippen molar-refractivity contribution in [1.82, 2.24) is 24.8 Å². The van der Waals surface area contributed by atoms with Crippen molar-refractivity contribution in [3.05, 3.63) is 78.1 Å². The van der Waals surface area contributed by atoms with Crippen LogP contribution >= 0.6 is 0 Å². The van der Waals surface area contributed by atoms with Gasteiger partial charge in [0.2, 0.25) is 0 Å². The van der Waals surface area contributed by atoms with Gasteiger partial charge in [-0.3, -0.25) is 9.69 Å². The second-order valence-corrected chi connectivity index (χ2v) is 10.9. The molecule has 0 saturated carbocycles. The van der Waals surface area contributed by atoms with Gasteiger partial charge < -0.3 is 19.9 Å². The first-order valence-corrected chi connectivity index (χ1v) is 14.9. The highest BCUT2D eigenvalue weighted by Crippen LogP contribution is 2.29. The molecule has 5 rings (SSSR count). The van der Waals surface area contributed by atoms with Gasteiger partial charge in [0.05, 0.1) is 12.0 Å². The lowest BCUT2D eigenvalue weighted by Crippen LogP contribution is -2.46. The van der Waals surface area contributed by atoms with Crippen molar-refractivity contribution in [3.8, 4) is 11.3 Å². The summed E-state index contributed by atoms with van der Waals surface area (Å²) in [5, 5.41) is 4.54. The third-order valence-corrected chi connectivity index (χ3v) is 7.88. The number of benzene rings is 2. The van der Waals surface area contributed by atoms with Crippen LogP contribution in [0.25, 0.3) is 22.3 Å². The maximum Gasteiger partial charge on any atom is 0.305 e. The van der Waals surface area contributed by atoms with Crippen molar-refractivity contribution < 1.29 is 9.53 Å². The zero-order chi connectivity index (χ0) is 28.4. The van der Waals surface area contributed by atoms with Gasteiger partial charge in [-0.25, -0.2) is 9.97 Å². The van der Waals surface area contributed by atoms with Gasteiger partial charge in [0.1, 0.15) is 17.8 Å². The Hall–Kier alpha value is -3.75. The maximum atomic E-state index is 11.5.